The lowest BCUT2D eigenvalue weighted by atomic mass is 9.80. The van der Waals surface area contributed by atoms with Gasteiger partial charge in [-0.05, 0) is 19.8 Å². The molecule has 3 unspecified atom stereocenters. The quantitative estimate of drug-likeness (QED) is 0.622. The zero-order valence-electron chi connectivity index (χ0n) is 8.94. The summed E-state index contributed by atoms with van der Waals surface area (Å²) in [6.45, 7) is 2.01. The Bertz CT molecular complexity index is 255. The van der Waals surface area contributed by atoms with Gasteiger partial charge in [-0.25, -0.2) is 0 Å². The van der Waals surface area contributed by atoms with Gasteiger partial charge in [0.2, 0.25) is 0 Å². The fourth-order valence-electron chi connectivity index (χ4n) is 1.91. The molecular formula is C10H18N2O3. The Balaban J connectivity index is 2.61. The number of ketones is 1. The predicted molar refractivity (Wildman–Crippen MR) is 54.9 cm³/mol. The van der Waals surface area contributed by atoms with Crippen molar-refractivity contribution in [1.82, 2.24) is 0 Å². The molecule has 0 aromatic rings. The number of carbonyl (C=O) groups is 2. The first kappa shape index (κ1) is 12.1. The van der Waals surface area contributed by atoms with Gasteiger partial charge in [0.1, 0.15) is 11.8 Å². The molecule has 1 aliphatic rings. The van der Waals surface area contributed by atoms with Crippen LogP contribution >= 0.6 is 0 Å². The van der Waals surface area contributed by atoms with E-state index in [-0.39, 0.29) is 11.7 Å². The Kier molecular flexibility index (Phi) is 4.23. The summed E-state index contributed by atoms with van der Waals surface area (Å²) in [5.41, 5.74) is 11.4. The molecule has 3 atom stereocenters. The van der Waals surface area contributed by atoms with Gasteiger partial charge in [0.25, 0.3) is 0 Å². The van der Waals surface area contributed by atoms with Crippen LogP contribution in [0.25, 0.3) is 0 Å². The number of hydrogen-bond acceptors (Lipinski definition) is 5. The maximum absolute atomic E-state index is 11.4. The van der Waals surface area contributed by atoms with Crippen LogP contribution in [-0.4, -0.2) is 30.4 Å². The molecule has 1 fully saturated rings. The van der Waals surface area contributed by atoms with Crippen molar-refractivity contribution in [2.75, 3.05) is 6.61 Å². The normalized spacial score (nSPS) is 28.6. The fourth-order valence-corrected chi connectivity index (χ4v) is 1.91. The number of ether oxygens (including phenoxy) is 1. The molecule has 0 heterocycles. The molecule has 5 heteroatoms. The lowest BCUT2D eigenvalue weighted by molar-refractivity contribution is -0.146. The maximum atomic E-state index is 11.4. The smallest absolute Gasteiger partial charge is 0.323 e. The summed E-state index contributed by atoms with van der Waals surface area (Å²) in [6.07, 6.45) is 1.96. The number of esters is 1. The third kappa shape index (κ3) is 2.76. The van der Waals surface area contributed by atoms with E-state index < -0.39 is 18.1 Å². The largest absolute Gasteiger partial charge is 0.465 e. The van der Waals surface area contributed by atoms with Gasteiger partial charge in [-0.2, -0.15) is 0 Å². The first-order valence-electron chi connectivity index (χ1n) is 5.28. The molecule has 1 saturated carbocycles. The Morgan fingerprint density at radius 3 is 2.93 bits per heavy atom. The van der Waals surface area contributed by atoms with Gasteiger partial charge >= 0.3 is 5.97 Å². The molecule has 0 aromatic heterocycles. The van der Waals surface area contributed by atoms with E-state index in [1.807, 2.05) is 0 Å². The summed E-state index contributed by atoms with van der Waals surface area (Å²) >= 11 is 0. The summed E-state index contributed by atoms with van der Waals surface area (Å²) in [5.74, 6) is -0.746. The Morgan fingerprint density at radius 1 is 1.67 bits per heavy atom. The van der Waals surface area contributed by atoms with Crippen molar-refractivity contribution in [2.24, 2.45) is 17.4 Å². The molecule has 5 nitrogen and oxygen atoms in total. The van der Waals surface area contributed by atoms with E-state index >= 15 is 0 Å². The van der Waals surface area contributed by atoms with E-state index in [9.17, 15) is 9.59 Å². The minimum atomic E-state index is -0.774. The highest BCUT2D eigenvalue weighted by atomic mass is 16.5. The van der Waals surface area contributed by atoms with E-state index in [1.54, 1.807) is 6.92 Å². The van der Waals surface area contributed by atoms with Crippen LogP contribution in [0.2, 0.25) is 0 Å². The van der Waals surface area contributed by atoms with E-state index in [4.69, 9.17) is 16.2 Å². The second-order valence-corrected chi connectivity index (χ2v) is 3.83. The van der Waals surface area contributed by atoms with Crippen molar-refractivity contribution in [1.29, 1.82) is 0 Å². The second-order valence-electron chi connectivity index (χ2n) is 3.83. The molecule has 0 bridgehead atoms. The second kappa shape index (κ2) is 5.23. The molecule has 0 aliphatic heterocycles. The molecule has 1 rings (SSSR count). The molecule has 86 valence electrons. The summed E-state index contributed by atoms with van der Waals surface area (Å²) in [5, 5.41) is 0. The monoisotopic (exact) mass is 214 g/mol. The maximum Gasteiger partial charge on any atom is 0.323 e. The third-order valence-electron chi connectivity index (χ3n) is 2.81. The molecule has 0 radical (unpaired) electrons. The molecule has 0 spiro atoms. The zero-order chi connectivity index (χ0) is 11.4. The van der Waals surface area contributed by atoms with E-state index in [0.29, 0.717) is 19.4 Å². The molecular weight excluding hydrogens is 196 g/mol. The van der Waals surface area contributed by atoms with E-state index in [1.165, 1.54) is 0 Å². The minimum absolute atomic E-state index is 0.00833. The highest BCUT2D eigenvalue weighted by molar-refractivity contribution is 5.86. The van der Waals surface area contributed by atoms with Crippen LogP contribution < -0.4 is 11.5 Å². The van der Waals surface area contributed by atoms with Crippen molar-refractivity contribution in [2.45, 2.75) is 38.3 Å². The van der Waals surface area contributed by atoms with Crippen LogP contribution in [0, 0.1) is 5.92 Å². The Labute approximate surface area is 89.1 Å². The van der Waals surface area contributed by atoms with Gasteiger partial charge in [0.05, 0.1) is 12.6 Å². The molecule has 1 aliphatic carbocycles. The van der Waals surface area contributed by atoms with Gasteiger partial charge < -0.3 is 16.2 Å². The van der Waals surface area contributed by atoms with Crippen LogP contribution in [0.3, 0.4) is 0 Å². The first-order chi connectivity index (χ1) is 7.07. The van der Waals surface area contributed by atoms with Crippen molar-refractivity contribution >= 4 is 11.8 Å². The predicted octanol–water partition coefficient (Wildman–Crippen LogP) is -0.427. The van der Waals surface area contributed by atoms with Crippen molar-refractivity contribution in [3.63, 3.8) is 0 Å². The van der Waals surface area contributed by atoms with Crippen molar-refractivity contribution < 1.29 is 14.3 Å². The Morgan fingerprint density at radius 2 is 2.33 bits per heavy atom. The summed E-state index contributed by atoms with van der Waals surface area (Å²) in [7, 11) is 0. The number of nitrogens with two attached hydrogens (primary N) is 2. The number of Topliss-reactive ketones (excluding diaryl/α,β-unsaturated/α-hetero) is 1. The van der Waals surface area contributed by atoms with E-state index in [2.05, 4.69) is 0 Å². The molecule has 15 heavy (non-hydrogen) atoms. The summed E-state index contributed by atoms with van der Waals surface area (Å²) in [4.78, 5) is 22.7. The van der Waals surface area contributed by atoms with Crippen LogP contribution in [0.1, 0.15) is 26.2 Å². The summed E-state index contributed by atoms with van der Waals surface area (Å²) in [6, 6.07) is -1.39. The molecule has 0 amide bonds. The fraction of sp³-hybridized carbons (Fsp3) is 0.800. The summed E-state index contributed by atoms with van der Waals surface area (Å²) < 4.78 is 4.81. The topological polar surface area (TPSA) is 95.4 Å². The lowest BCUT2D eigenvalue weighted by Gasteiger charge is -2.30. The van der Waals surface area contributed by atoms with Gasteiger partial charge in [0.15, 0.2) is 0 Å². The molecule has 0 aromatic carbocycles. The SMILES string of the molecule is CCOC(=O)C(N)C1CCCC(=O)C1N. The van der Waals surface area contributed by atoms with Gasteiger partial charge in [-0.15, -0.1) is 0 Å². The molecule has 4 N–H and O–H groups in total. The standard InChI is InChI=1S/C10H18N2O3/c1-2-15-10(14)9(12)6-4-3-5-7(13)8(6)11/h6,8-9H,2-5,11-12H2,1H3. The number of rotatable bonds is 3. The van der Waals surface area contributed by atoms with Gasteiger partial charge in [0, 0.05) is 12.3 Å². The third-order valence-corrected chi connectivity index (χ3v) is 2.81. The zero-order valence-corrected chi connectivity index (χ0v) is 8.94. The highest BCUT2D eigenvalue weighted by Crippen LogP contribution is 2.23. The van der Waals surface area contributed by atoms with Crippen LogP contribution in [0.15, 0.2) is 0 Å². The van der Waals surface area contributed by atoms with Crippen molar-refractivity contribution in [3.8, 4) is 0 Å². The van der Waals surface area contributed by atoms with Gasteiger partial charge in [-0.3, -0.25) is 9.59 Å². The molecule has 0 saturated heterocycles. The average molecular weight is 214 g/mol. The number of carbonyl (C=O) groups excluding carboxylic acids is 2. The number of hydrogen-bond donors (Lipinski definition) is 2. The minimum Gasteiger partial charge on any atom is -0.465 e. The van der Waals surface area contributed by atoms with E-state index in [0.717, 1.165) is 6.42 Å². The lowest BCUT2D eigenvalue weighted by Crippen LogP contribution is -2.52. The van der Waals surface area contributed by atoms with Crippen LogP contribution in [-0.2, 0) is 14.3 Å². The van der Waals surface area contributed by atoms with Gasteiger partial charge in [-0.1, -0.05) is 0 Å². The van der Waals surface area contributed by atoms with Crippen LogP contribution in [0.5, 0.6) is 0 Å². The highest BCUT2D eigenvalue weighted by Gasteiger charge is 2.36. The van der Waals surface area contributed by atoms with Crippen molar-refractivity contribution in [3.05, 3.63) is 0 Å². The van der Waals surface area contributed by atoms with Crippen LogP contribution in [0.4, 0.5) is 0 Å². The Hall–Kier alpha value is -0.940. The first-order valence-corrected chi connectivity index (χ1v) is 5.28. The average Bonchev–Trinajstić information content (AvgIpc) is 2.21.